The Labute approximate surface area is 224 Å². The van der Waals surface area contributed by atoms with Gasteiger partial charge < -0.3 is 19.7 Å². The molecule has 3 rings (SSSR count). The average Bonchev–Trinajstić information content (AvgIpc) is 2.92. The van der Waals surface area contributed by atoms with Crippen LogP contribution in [0.4, 0.5) is 0 Å². The van der Waals surface area contributed by atoms with Gasteiger partial charge in [0.2, 0.25) is 21.8 Å². The molecule has 0 saturated carbocycles. The molecule has 0 aromatic heterocycles. The van der Waals surface area contributed by atoms with Crippen LogP contribution in [0.3, 0.4) is 0 Å². The monoisotopic (exact) mass is 539 g/mol. The van der Waals surface area contributed by atoms with Gasteiger partial charge in [-0.15, -0.1) is 0 Å². The molecule has 38 heavy (non-hydrogen) atoms. The number of hydrogen-bond acceptors (Lipinski definition) is 6. The minimum Gasteiger partial charge on any atom is -0.497 e. The zero-order chi connectivity index (χ0) is 27.7. The summed E-state index contributed by atoms with van der Waals surface area (Å²) in [5.74, 6) is 0.451. The van der Waals surface area contributed by atoms with Crippen LogP contribution in [0.25, 0.3) is 0 Å². The molecule has 0 aliphatic heterocycles. The topological polar surface area (TPSA) is 105 Å². The molecule has 1 N–H and O–H groups in total. The number of sulfonamides is 1. The van der Waals surface area contributed by atoms with E-state index in [4.69, 9.17) is 9.47 Å². The van der Waals surface area contributed by atoms with Crippen LogP contribution in [-0.4, -0.2) is 63.5 Å². The lowest BCUT2D eigenvalue weighted by Crippen LogP contribution is -2.47. The lowest BCUT2D eigenvalue weighted by atomic mass is 10.0. The highest BCUT2D eigenvalue weighted by Gasteiger charge is 2.32. The molecule has 202 valence electrons. The molecule has 0 saturated heterocycles. The first kappa shape index (κ1) is 28.7. The second-order valence-corrected chi connectivity index (χ2v) is 10.9. The van der Waals surface area contributed by atoms with Gasteiger partial charge in [-0.3, -0.25) is 9.59 Å². The summed E-state index contributed by atoms with van der Waals surface area (Å²) in [4.78, 5) is 28.7. The third kappa shape index (κ3) is 7.80. The van der Waals surface area contributed by atoms with E-state index in [0.717, 1.165) is 21.7 Å². The van der Waals surface area contributed by atoms with E-state index in [2.05, 4.69) is 5.32 Å². The maximum Gasteiger partial charge on any atom is 0.247 e. The van der Waals surface area contributed by atoms with E-state index in [1.807, 2.05) is 18.2 Å². The van der Waals surface area contributed by atoms with Crippen molar-refractivity contribution in [1.29, 1.82) is 0 Å². The van der Waals surface area contributed by atoms with Crippen molar-refractivity contribution in [2.45, 2.75) is 19.1 Å². The van der Waals surface area contributed by atoms with Crippen molar-refractivity contribution in [3.05, 3.63) is 95.6 Å². The van der Waals surface area contributed by atoms with Crippen molar-refractivity contribution < 1.29 is 27.5 Å². The van der Waals surface area contributed by atoms with E-state index in [1.165, 1.54) is 11.9 Å². The van der Waals surface area contributed by atoms with Crippen molar-refractivity contribution in [2.75, 3.05) is 34.1 Å². The zero-order valence-electron chi connectivity index (χ0n) is 22.0. The maximum atomic E-state index is 13.7. The molecule has 2 amide bonds. The van der Waals surface area contributed by atoms with Gasteiger partial charge in [0.15, 0.2) is 0 Å². The van der Waals surface area contributed by atoms with Gasteiger partial charge >= 0.3 is 0 Å². The number of hydrogen-bond donors (Lipinski definition) is 1. The van der Waals surface area contributed by atoms with E-state index >= 15 is 0 Å². The van der Waals surface area contributed by atoms with E-state index in [0.29, 0.717) is 17.1 Å². The Morgan fingerprint density at radius 2 is 1.37 bits per heavy atom. The number of carbonyl (C=O) groups excluding carboxylic acids is 2. The molecule has 0 aliphatic rings. The third-order valence-electron chi connectivity index (χ3n) is 6.06. The van der Waals surface area contributed by atoms with Gasteiger partial charge in [0.1, 0.15) is 17.5 Å². The van der Waals surface area contributed by atoms with Crippen LogP contribution in [-0.2, 0) is 32.7 Å². The number of benzene rings is 3. The fourth-order valence-corrected chi connectivity index (χ4v) is 4.13. The first-order valence-corrected chi connectivity index (χ1v) is 13.8. The van der Waals surface area contributed by atoms with Crippen LogP contribution < -0.4 is 14.8 Å². The summed E-state index contributed by atoms with van der Waals surface area (Å²) in [6.45, 7) is -0.0972. The van der Waals surface area contributed by atoms with Crippen molar-refractivity contribution in [3.8, 4) is 11.5 Å². The van der Waals surface area contributed by atoms with Crippen molar-refractivity contribution >= 4 is 21.8 Å². The SMILES string of the molecule is COc1ccc(CNC(=O)[C@@H](c2ccccc2)N(Cc2ccc(OC)cc2)C(=O)CN(C)S(C)(=O)=O)cc1. The van der Waals surface area contributed by atoms with E-state index < -0.39 is 34.4 Å². The summed E-state index contributed by atoms with van der Waals surface area (Å²) in [6, 6.07) is 22.4. The van der Waals surface area contributed by atoms with Crippen molar-refractivity contribution in [3.63, 3.8) is 0 Å². The molecule has 0 heterocycles. The summed E-state index contributed by atoms with van der Waals surface area (Å²) in [6.07, 6.45) is 1.03. The molecule has 0 unspecified atom stereocenters. The number of likely N-dealkylation sites (N-methyl/N-ethyl adjacent to an activating group) is 1. The molecule has 0 aliphatic carbocycles. The molecular weight excluding hydrogens is 506 g/mol. The number of methoxy groups -OCH3 is 2. The Kier molecular flexibility index (Phi) is 9.86. The summed E-state index contributed by atoms with van der Waals surface area (Å²) < 4.78 is 35.5. The standard InChI is InChI=1S/C28H33N3O6S/c1-30(38(4,34)35)20-26(32)31(19-22-12-16-25(37-3)17-13-22)27(23-8-6-5-7-9-23)28(33)29-18-21-10-14-24(36-2)15-11-21/h5-17,27H,18-20H2,1-4H3,(H,29,33)/t27-/m1/s1. The molecule has 10 heteroatoms. The van der Waals surface area contributed by atoms with Crippen LogP contribution in [0.15, 0.2) is 78.9 Å². The van der Waals surface area contributed by atoms with E-state index in [9.17, 15) is 18.0 Å². The lowest BCUT2D eigenvalue weighted by molar-refractivity contribution is -0.141. The first-order valence-electron chi connectivity index (χ1n) is 11.9. The summed E-state index contributed by atoms with van der Waals surface area (Å²) in [7, 11) is 0.856. The molecule has 0 bridgehead atoms. The quantitative estimate of drug-likeness (QED) is 0.380. The Bertz CT molecular complexity index is 1310. The smallest absolute Gasteiger partial charge is 0.247 e. The van der Waals surface area contributed by atoms with E-state index in [1.54, 1.807) is 74.9 Å². The molecule has 0 spiro atoms. The summed E-state index contributed by atoms with van der Waals surface area (Å²) >= 11 is 0. The number of nitrogens with zero attached hydrogens (tertiary/aromatic N) is 2. The Morgan fingerprint density at radius 3 is 1.87 bits per heavy atom. The lowest BCUT2D eigenvalue weighted by Gasteiger charge is -2.32. The highest BCUT2D eigenvalue weighted by atomic mass is 32.2. The number of rotatable bonds is 12. The van der Waals surface area contributed by atoms with Crippen LogP contribution in [0, 0.1) is 0 Å². The summed E-state index contributed by atoms with van der Waals surface area (Å²) in [5.41, 5.74) is 2.21. The second-order valence-electron chi connectivity index (χ2n) is 8.77. The van der Waals surface area contributed by atoms with Gasteiger partial charge in [-0.25, -0.2) is 8.42 Å². The fraction of sp³-hybridized carbons (Fsp3) is 0.286. The molecule has 0 radical (unpaired) electrons. The van der Waals surface area contributed by atoms with Crippen LogP contribution >= 0.6 is 0 Å². The van der Waals surface area contributed by atoms with E-state index in [-0.39, 0.29) is 13.1 Å². The Balaban J connectivity index is 1.95. The fourth-order valence-electron chi connectivity index (χ4n) is 3.79. The number of ether oxygens (including phenoxy) is 2. The van der Waals surface area contributed by atoms with Gasteiger partial charge in [-0.2, -0.15) is 4.31 Å². The Hall–Kier alpha value is -3.89. The van der Waals surface area contributed by atoms with Gasteiger partial charge in [-0.05, 0) is 41.0 Å². The number of amides is 2. The molecule has 1 atom stereocenters. The Morgan fingerprint density at radius 1 is 0.842 bits per heavy atom. The molecule has 3 aromatic rings. The zero-order valence-corrected chi connectivity index (χ0v) is 22.8. The molecular formula is C28H33N3O6S. The molecule has 3 aromatic carbocycles. The average molecular weight is 540 g/mol. The van der Waals surface area contributed by atoms with Gasteiger partial charge in [0.25, 0.3) is 0 Å². The summed E-state index contributed by atoms with van der Waals surface area (Å²) in [5, 5.41) is 2.93. The minimum atomic E-state index is -3.62. The first-order chi connectivity index (χ1) is 18.1. The largest absolute Gasteiger partial charge is 0.497 e. The molecule has 9 nitrogen and oxygen atoms in total. The third-order valence-corrected chi connectivity index (χ3v) is 7.32. The predicted octanol–water partition coefficient (Wildman–Crippen LogP) is 2.98. The second kappa shape index (κ2) is 13.1. The highest BCUT2D eigenvalue weighted by molar-refractivity contribution is 7.88. The van der Waals surface area contributed by atoms with Crippen molar-refractivity contribution in [1.82, 2.24) is 14.5 Å². The predicted molar refractivity (Wildman–Crippen MR) is 145 cm³/mol. The van der Waals surface area contributed by atoms with Crippen LogP contribution in [0.5, 0.6) is 11.5 Å². The van der Waals surface area contributed by atoms with Crippen LogP contribution in [0.1, 0.15) is 22.7 Å². The highest BCUT2D eigenvalue weighted by Crippen LogP contribution is 2.25. The van der Waals surface area contributed by atoms with Crippen LogP contribution in [0.2, 0.25) is 0 Å². The molecule has 0 fully saturated rings. The van der Waals surface area contributed by atoms with Gasteiger partial charge in [-0.1, -0.05) is 54.6 Å². The van der Waals surface area contributed by atoms with Gasteiger partial charge in [0, 0.05) is 20.1 Å². The number of carbonyl (C=O) groups is 2. The normalized spacial score (nSPS) is 12.0. The maximum absolute atomic E-state index is 13.7. The van der Waals surface area contributed by atoms with Gasteiger partial charge in [0.05, 0.1) is 27.0 Å². The van der Waals surface area contributed by atoms with Crippen molar-refractivity contribution in [2.24, 2.45) is 0 Å². The number of nitrogens with one attached hydrogen (secondary N) is 1. The minimum absolute atomic E-state index is 0.0793.